The molecule has 0 aromatic heterocycles. The van der Waals surface area contributed by atoms with Crippen molar-refractivity contribution in [3.63, 3.8) is 0 Å². The van der Waals surface area contributed by atoms with Crippen LogP contribution < -0.4 is 5.32 Å². The van der Waals surface area contributed by atoms with E-state index in [1.807, 2.05) is 0 Å². The number of sulfonamides is 1. The smallest absolute Gasteiger partial charge is 0.214 e. The molecule has 0 atom stereocenters. The van der Waals surface area contributed by atoms with E-state index >= 15 is 0 Å². The molecule has 2 fully saturated rings. The lowest BCUT2D eigenvalue weighted by atomic mass is 9.91. The summed E-state index contributed by atoms with van der Waals surface area (Å²) in [6.45, 7) is 5.58. The van der Waals surface area contributed by atoms with Gasteiger partial charge in [-0.2, -0.15) is 0 Å². The lowest BCUT2D eigenvalue weighted by Gasteiger charge is -2.31. The molecule has 21 heavy (non-hydrogen) atoms. The second-order valence-corrected chi connectivity index (χ2v) is 8.85. The minimum Gasteiger partial charge on any atom is -0.317 e. The molecule has 1 N–H and O–H groups in total. The van der Waals surface area contributed by atoms with Crippen molar-refractivity contribution in [2.45, 2.75) is 58.3 Å². The van der Waals surface area contributed by atoms with Gasteiger partial charge in [-0.25, -0.2) is 12.7 Å². The predicted molar refractivity (Wildman–Crippen MR) is 87.8 cm³/mol. The highest BCUT2D eigenvalue weighted by Crippen LogP contribution is 2.26. The first-order valence-corrected chi connectivity index (χ1v) is 10.4. The SMILES string of the molecule is CCCN(CC1CCNCC1)S(=O)(=O)CC1CCCCC1. The Hall–Kier alpha value is -0.130. The van der Waals surface area contributed by atoms with Gasteiger partial charge in [-0.1, -0.05) is 26.2 Å². The molecule has 0 bridgehead atoms. The highest BCUT2D eigenvalue weighted by atomic mass is 32.2. The quantitative estimate of drug-likeness (QED) is 0.785. The van der Waals surface area contributed by atoms with Gasteiger partial charge in [0, 0.05) is 13.1 Å². The van der Waals surface area contributed by atoms with Crippen LogP contribution in [0.2, 0.25) is 0 Å². The molecule has 0 aromatic carbocycles. The maximum atomic E-state index is 12.8. The van der Waals surface area contributed by atoms with Crippen LogP contribution >= 0.6 is 0 Å². The fraction of sp³-hybridized carbons (Fsp3) is 1.00. The van der Waals surface area contributed by atoms with E-state index in [2.05, 4.69) is 12.2 Å². The number of hydrogen-bond donors (Lipinski definition) is 1. The third-order valence-electron chi connectivity index (χ3n) is 4.96. The lowest BCUT2D eigenvalue weighted by molar-refractivity contribution is 0.284. The van der Waals surface area contributed by atoms with Gasteiger partial charge >= 0.3 is 0 Å². The van der Waals surface area contributed by atoms with Gasteiger partial charge in [-0.05, 0) is 57.0 Å². The molecule has 4 nitrogen and oxygen atoms in total. The van der Waals surface area contributed by atoms with E-state index in [1.54, 1.807) is 4.31 Å². The van der Waals surface area contributed by atoms with Crippen molar-refractivity contribution in [2.24, 2.45) is 11.8 Å². The molecule has 0 spiro atoms. The molecule has 0 unspecified atom stereocenters. The summed E-state index contributed by atoms with van der Waals surface area (Å²) in [5.41, 5.74) is 0. The second kappa shape index (κ2) is 8.49. The van der Waals surface area contributed by atoms with Crippen LogP contribution in [0.15, 0.2) is 0 Å². The normalized spacial score (nSPS) is 22.8. The highest BCUT2D eigenvalue weighted by molar-refractivity contribution is 7.89. The van der Waals surface area contributed by atoms with Crippen LogP contribution in [0.5, 0.6) is 0 Å². The van der Waals surface area contributed by atoms with Crippen molar-refractivity contribution in [3.8, 4) is 0 Å². The number of rotatable bonds is 7. The van der Waals surface area contributed by atoms with Gasteiger partial charge in [0.1, 0.15) is 0 Å². The first-order chi connectivity index (χ1) is 10.1. The summed E-state index contributed by atoms with van der Waals surface area (Å²) < 4.78 is 27.3. The number of nitrogens with zero attached hydrogens (tertiary/aromatic N) is 1. The van der Waals surface area contributed by atoms with Crippen LogP contribution in [0.3, 0.4) is 0 Å². The Morgan fingerprint density at radius 1 is 1.00 bits per heavy atom. The van der Waals surface area contributed by atoms with E-state index in [0.29, 0.717) is 24.1 Å². The summed E-state index contributed by atoms with van der Waals surface area (Å²) in [5.74, 6) is 1.33. The Labute approximate surface area is 130 Å². The fourth-order valence-corrected chi connectivity index (χ4v) is 5.74. The van der Waals surface area contributed by atoms with Gasteiger partial charge in [0.05, 0.1) is 5.75 Å². The Morgan fingerprint density at radius 3 is 2.29 bits per heavy atom. The first kappa shape index (κ1) is 17.2. The van der Waals surface area contributed by atoms with Gasteiger partial charge in [-0.15, -0.1) is 0 Å². The zero-order valence-corrected chi connectivity index (χ0v) is 14.3. The molecule has 1 aliphatic carbocycles. The summed E-state index contributed by atoms with van der Waals surface area (Å²) in [5, 5.41) is 3.36. The highest BCUT2D eigenvalue weighted by Gasteiger charge is 2.29. The Morgan fingerprint density at radius 2 is 1.67 bits per heavy atom. The van der Waals surface area contributed by atoms with E-state index in [4.69, 9.17) is 0 Å². The zero-order valence-electron chi connectivity index (χ0n) is 13.5. The summed E-state index contributed by atoms with van der Waals surface area (Å²) in [6, 6.07) is 0. The summed E-state index contributed by atoms with van der Waals surface area (Å²) >= 11 is 0. The average Bonchev–Trinajstić information content (AvgIpc) is 2.48. The van der Waals surface area contributed by atoms with E-state index in [9.17, 15) is 8.42 Å². The summed E-state index contributed by atoms with van der Waals surface area (Å²) in [7, 11) is -3.07. The lowest BCUT2D eigenvalue weighted by Crippen LogP contribution is -2.41. The molecule has 1 aliphatic heterocycles. The van der Waals surface area contributed by atoms with Crippen LogP contribution in [-0.2, 0) is 10.0 Å². The van der Waals surface area contributed by atoms with Gasteiger partial charge < -0.3 is 5.32 Å². The van der Waals surface area contributed by atoms with Crippen molar-refractivity contribution < 1.29 is 8.42 Å². The van der Waals surface area contributed by atoms with Crippen LogP contribution in [0.1, 0.15) is 58.3 Å². The van der Waals surface area contributed by atoms with Gasteiger partial charge in [-0.3, -0.25) is 0 Å². The third-order valence-corrected chi connectivity index (χ3v) is 6.97. The average molecular weight is 317 g/mol. The van der Waals surface area contributed by atoms with E-state index in [0.717, 1.165) is 51.7 Å². The maximum absolute atomic E-state index is 12.8. The van der Waals surface area contributed by atoms with Crippen molar-refractivity contribution >= 4 is 10.0 Å². The molecule has 124 valence electrons. The Kier molecular flexibility index (Phi) is 6.96. The molecular formula is C16H32N2O2S. The standard InChI is InChI=1S/C16H32N2O2S/c1-2-12-18(13-15-8-10-17-11-9-15)21(19,20)14-16-6-4-3-5-7-16/h15-17H,2-14H2,1H3. The van der Waals surface area contributed by atoms with Gasteiger partial charge in [0.2, 0.25) is 10.0 Å². The number of nitrogens with one attached hydrogen (secondary N) is 1. The molecule has 1 saturated heterocycles. The van der Waals surface area contributed by atoms with Crippen molar-refractivity contribution in [1.29, 1.82) is 0 Å². The molecule has 0 amide bonds. The second-order valence-electron chi connectivity index (χ2n) is 6.83. The predicted octanol–water partition coefficient (Wildman–Crippen LogP) is 2.61. The zero-order chi connectivity index (χ0) is 15.1. The van der Waals surface area contributed by atoms with Crippen LogP contribution in [-0.4, -0.2) is 44.7 Å². The maximum Gasteiger partial charge on any atom is 0.214 e. The monoisotopic (exact) mass is 316 g/mol. The molecular weight excluding hydrogens is 284 g/mol. The molecule has 2 rings (SSSR count). The minimum absolute atomic E-state index is 0.387. The van der Waals surface area contributed by atoms with Crippen molar-refractivity contribution in [2.75, 3.05) is 31.9 Å². The van der Waals surface area contributed by atoms with E-state index in [-0.39, 0.29) is 0 Å². The summed E-state index contributed by atoms with van der Waals surface area (Å²) in [6.07, 6.45) is 9.04. The summed E-state index contributed by atoms with van der Waals surface area (Å²) in [4.78, 5) is 0. The molecule has 1 heterocycles. The Balaban J connectivity index is 1.93. The van der Waals surface area contributed by atoms with Crippen LogP contribution in [0, 0.1) is 11.8 Å². The Bertz CT molecular complexity index is 385. The van der Waals surface area contributed by atoms with Crippen LogP contribution in [0.4, 0.5) is 0 Å². The van der Waals surface area contributed by atoms with Crippen molar-refractivity contribution in [1.82, 2.24) is 9.62 Å². The minimum atomic E-state index is -3.07. The van der Waals surface area contributed by atoms with Gasteiger partial charge in [0.15, 0.2) is 0 Å². The molecule has 2 aliphatic rings. The molecule has 5 heteroatoms. The van der Waals surface area contributed by atoms with E-state index < -0.39 is 10.0 Å². The van der Waals surface area contributed by atoms with Gasteiger partial charge in [0.25, 0.3) is 0 Å². The molecule has 1 saturated carbocycles. The van der Waals surface area contributed by atoms with E-state index in [1.165, 1.54) is 19.3 Å². The third kappa shape index (κ3) is 5.53. The fourth-order valence-electron chi connectivity index (χ4n) is 3.70. The molecule has 0 aromatic rings. The van der Waals surface area contributed by atoms with Crippen LogP contribution in [0.25, 0.3) is 0 Å². The van der Waals surface area contributed by atoms with Crippen molar-refractivity contribution in [3.05, 3.63) is 0 Å². The first-order valence-electron chi connectivity index (χ1n) is 8.80. The number of piperidine rings is 1. The number of hydrogen-bond acceptors (Lipinski definition) is 3. The largest absolute Gasteiger partial charge is 0.317 e. The topological polar surface area (TPSA) is 49.4 Å². The molecule has 0 radical (unpaired) electrons.